The number of hydrogen-bond donors (Lipinski definition) is 1. The molecule has 2 aromatic heterocycles. The van der Waals surface area contributed by atoms with Gasteiger partial charge in [0.05, 0.1) is 5.69 Å². The molecule has 142 valence electrons. The van der Waals surface area contributed by atoms with Crippen molar-refractivity contribution in [1.82, 2.24) is 24.6 Å². The van der Waals surface area contributed by atoms with E-state index >= 15 is 0 Å². The van der Waals surface area contributed by atoms with E-state index in [1.54, 1.807) is 15.8 Å². The highest BCUT2D eigenvalue weighted by atomic mass is 16.2. The normalized spacial score (nSPS) is 20.2. The van der Waals surface area contributed by atoms with Crippen molar-refractivity contribution in [2.75, 3.05) is 25.0 Å². The Bertz CT molecular complexity index is 834. The molecule has 3 amide bonds. The van der Waals surface area contributed by atoms with E-state index in [2.05, 4.69) is 15.4 Å². The molecule has 4 heterocycles. The van der Waals surface area contributed by atoms with Crippen molar-refractivity contribution in [2.45, 2.75) is 38.6 Å². The van der Waals surface area contributed by atoms with Gasteiger partial charge in [0, 0.05) is 44.4 Å². The SMILES string of the molecule is Cc1cc(NC(=O)N2CCCC(N3CCCC3=O)C2)n(-c2ccccn2)n1. The van der Waals surface area contributed by atoms with Gasteiger partial charge in [-0.25, -0.2) is 9.78 Å². The zero-order valence-electron chi connectivity index (χ0n) is 15.5. The van der Waals surface area contributed by atoms with Crippen molar-refractivity contribution in [3.8, 4) is 5.82 Å². The van der Waals surface area contributed by atoms with Crippen LogP contribution in [-0.2, 0) is 4.79 Å². The second kappa shape index (κ2) is 7.38. The molecule has 0 saturated carbocycles. The lowest BCUT2D eigenvalue weighted by molar-refractivity contribution is -0.130. The molecule has 4 rings (SSSR count). The van der Waals surface area contributed by atoms with Crippen LogP contribution in [0.15, 0.2) is 30.5 Å². The second-order valence-electron chi connectivity index (χ2n) is 7.13. The number of piperidine rings is 1. The van der Waals surface area contributed by atoms with Crippen molar-refractivity contribution in [3.05, 3.63) is 36.2 Å². The van der Waals surface area contributed by atoms with Crippen LogP contribution < -0.4 is 5.32 Å². The highest BCUT2D eigenvalue weighted by Crippen LogP contribution is 2.22. The minimum Gasteiger partial charge on any atom is -0.338 e. The molecule has 0 bridgehead atoms. The minimum atomic E-state index is -0.163. The van der Waals surface area contributed by atoms with E-state index < -0.39 is 0 Å². The van der Waals surface area contributed by atoms with Crippen molar-refractivity contribution in [1.29, 1.82) is 0 Å². The summed E-state index contributed by atoms with van der Waals surface area (Å²) in [5, 5.41) is 7.40. The Hall–Kier alpha value is -2.90. The molecular formula is C19H24N6O2. The first-order valence-corrected chi connectivity index (χ1v) is 9.45. The van der Waals surface area contributed by atoms with Gasteiger partial charge in [-0.05, 0) is 38.3 Å². The minimum absolute atomic E-state index is 0.127. The molecule has 1 N–H and O–H groups in total. The number of pyridine rings is 1. The summed E-state index contributed by atoms with van der Waals surface area (Å²) in [5.41, 5.74) is 0.801. The van der Waals surface area contributed by atoms with Crippen LogP contribution in [0, 0.1) is 6.92 Å². The molecule has 27 heavy (non-hydrogen) atoms. The maximum atomic E-state index is 12.9. The number of aromatic nitrogens is 3. The molecule has 0 aromatic carbocycles. The van der Waals surface area contributed by atoms with Gasteiger partial charge < -0.3 is 9.80 Å². The zero-order chi connectivity index (χ0) is 18.8. The zero-order valence-corrected chi connectivity index (χ0v) is 15.5. The fourth-order valence-electron chi connectivity index (χ4n) is 3.88. The fraction of sp³-hybridized carbons (Fsp3) is 0.474. The maximum Gasteiger partial charge on any atom is 0.323 e. The molecule has 8 nitrogen and oxygen atoms in total. The number of nitrogens with zero attached hydrogens (tertiary/aromatic N) is 5. The lowest BCUT2D eigenvalue weighted by Gasteiger charge is -2.37. The number of carbonyl (C=O) groups is 2. The van der Waals surface area contributed by atoms with E-state index in [1.165, 1.54) is 0 Å². The summed E-state index contributed by atoms with van der Waals surface area (Å²) in [7, 11) is 0. The highest BCUT2D eigenvalue weighted by molar-refractivity contribution is 5.89. The molecule has 0 radical (unpaired) electrons. The van der Waals surface area contributed by atoms with Crippen LogP contribution in [0.3, 0.4) is 0 Å². The second-order valence-corrected chi connectivity index (χ2v) is 7.13. The maximum absolute atomic E-state index is 12.9. The summed E-state index contributed by atoms with van der Waals surface area (Å²) in [6, 6.07) is 7.36. The third-order valence-electron chi connectivity index (χ3n) is 5.17. The number of urea groups is 1. The number of carbonyl (C=O) groups excluding carboxylic acids is 2. The first-order chi connectivity index (χ1) is 13.1. The molecule has 2 fully saturated rings. The van der Waals surface area contributed by atoms with Crippen LogP contribution in [0.1, 0.15) is 31.4 Å². The largest absolute Gasteiger partial charge is 0.338 e. The summed E-state index contributed by atoms with van der Waals surface area (Å²) >= 11 is 0. The molecule has 1 unspecified atom stereocenters. The predicted octanol–water partition coefficient (Wildman–Crippen LogP) is 2.19. The summed E-state index contributed by atoms with van der Waals surface area (Å²) in [6.07, 6.45) is 5.11. The van der Waals surface area contributed by atoms with Crippen LogP contribution in [0.4, 0.5) is 10.6 Å². The van der Waals surface area contributed by atoms with Crippen LogP contribution >= 0.6 is 0 Å². The Labute approximate surface area is 158 Å². The Morgan fingerprint density at radius 3 is 2.89 bits per heavy atom. The fourth-order valence-corrected chi connectivity index (χ4v) is 3.88. The number of rotatable bonds is 3. The summed E-state index contributed by atoms with van der Waals surface area (Å²) in [4.78, 5) is 32.9. The molecule has 2 saturated heterocycles. The standard InChI is InChI=1S/C19H24N6O2/c1-14-12-17(25(22-14)16-7-2-3-9-20-16)21-19(27)23-10-4-6-15(13-23)24-11-5-8-18(24)26/h2-3,7,9,12,15H,4-6,8,10-11,13H2,1H3,(H,21,27). The summed E-state index contributed by atoms with van der Waals surface area (Å²) in [6.45, 7) is 3.96. The number of nitrogens with one attached hydrogen (secondary N) is 1. The molecule has 8 heteroatoms. The average molecular weight is 368 g/mol. The van der Waals surface area contributed by atoms with Gasteiger partial charge in [0.25, 0.3) is 0 Å². The molecule has 2 aliphatic heterocycles. The number of anilines is 1. The van der Waals surface area contributed by atoms with Gasteiger partial charge in [0.15, 0.2) is 5.82 Å². The van der Waals surface area contributed by atoms with Crippen LogP contribution in [0.5, 0.6) is 0 Å². The van der Waals surface area contributed by atoms with Crippen molar-refractivity contribution >= 4 is 17.8 Å². The molecule has 0 aliphatic carbocycles. The van der Waals surface area contributed by atoms with E-state index in [-0.39, 0.29) is 18.0 Å². The Morgan fingerprint density at radius 2 is 2.15 bits per heavy atom. The monoisotopic (exact) mass is 368 g/mol. The molecule has 1 atom stereocenters. The third-order valence-corrected chi connectivity index (χ3v) is 5.17. The average Bonchev–Trinajstić information content (AvgIpc) is 3.28. The molecular weight excluding hydrogens is 344 g/mol. The Balaban J connectivity index is 1.47. The molecule has 0 spiro atoms. The lowest BCUT2D eigenvalue weighted by atomic mass is 10.0. The highest BCUT2D eigenvalue weighted by Gasteiger charge is 2.33. The van der Waals surface area contributed by atoms with E-state index in [0.717, 1.165) is 31.5 Å². The van der Waals surface area contributed by atoms with Crippen molar-refractivity contribution in [2.24, 2.45) is 0 Å². The van der Waals surface area contributed by atoms with Gasteiger partial charge in [-0.3, -0.25) is 10.1 Å². The first-order valence-electron chi connectivity index (χ1n) is 9.45. The Morgan fingerprint density at radius 1 is 1.26 bits per heavy atom. The number of hydrogen-bond acceptors (Lipinski definition) is 4. The van der Waals surface area contributed by atoms with Gasteiger partial charge in [0.1, 0.15) is 5.82 Å². The van der Waals surface area contributed by atoms with E-state index in [0.29, 0.717) is 31.1 Å². The Kier molecular flexibility index (Phi) is 4.79. The van der Waals surface area contributed by atoms with Crippen molar-refractivity contribution in [3.63, 3.8) is 0 Å². The first kappa shape index (κ1) is 17.5. The summed E-state index contributed by atoms with van der Waals surface area (Å²) in [5.74, 6) is 1.46. The van der Waals surface area contributed by atoms with E-state index in [9.17, 15) is 9.59 Å². The third kappa shape index (κ3) is 3.65. The van der Waals surface area contributed by atoms with E-state index in [4.69, 9.17) is 0 Å². The van der Waals surface area contributed by atoms with Crippen LogP contribution in [-0.4, -0.2) is 62.2 Å². The molecule has 2 aromatic rings. The van der Waals surface area contributed by atoms with Gasteiger partial charge in [0.2, 0.25) is 5.91 Å². The molecule has 2 aliphatic rings. The summed E-state index contributed by atoms with van der Waals surface area (Å²) < 4.78 is 1.64. The van der Waals surface area contributed by atoms with Gasteiger partial charge in [-0.2, -0.15) is 9.78 Å². The number of aryl methyl sites for hydroxylation is 1. The number of amides is 3. The van der Waals surface area contributed by atoms with Crippen molar-refractivity contribution < 1.29 is 9.59 Å². The van der Waals surface area contributed by atoms with Crippen LogP contribution in [0.2, 0.25) is 0 Å². The van der Waals surface area contributed by atoms with Gasteiger partial charge in [-0.1, -0.05) is 6.07 Å². The lowest BCUT2D eigenvalue weighted by Crippen LogP contribution is -2.51. The van der Waals surface area contributed by atoms with Crippen LogP contribution in [0.25, 0.3) is 5.82 Å². The quantitative estimate of drug-likeness (QED) is 0.900. The van der Waals surface area contributed by atoms with Gasteiger partial charge in [-0.15, -0.1) is 0 Å². The smallest absolute Gasteiger partial charge is 0.323 e. The van der Waals surface area contributed by atoms with Gasteiger partial charge >= 0.3 is 6.03 Å². The number of likely N-dealkylation sites (tertiary alicyclic amines) is 2. The topological polar surface area (TPSA) is 83.4 Å². The van der Waals surface area contributed by atoms with E-state index in [1.807, 2.05) is 36.1 Å². The predicted molar refractivity (Wildman–Crippen MR) is 101 cm³/mol.